The van der Waals surface area contributed by atoms with Crippen molar-refractivity contribution >= 4 is 26.0 Å². The monoisotopic (exact) mass is 374 g/mol. The first-order valence-corrected chi connectivity index (χ1v) is 9.39. The number of hydrogen-bond donors (Lipinski definition) is 0. The van der Waals surface area contributed by atoms with E-state index in [4.69, 9.17) is 4.74 Å². The van der Waals surface area contributed by atoms with Crippen molar-refractivity contribution in [1.82, 2.24) is 9.21 Å². The molecule has 0 aromatic heterocycles. The van der Waals surface area contributed by atoms with Gasteiger partial charge in [0, 0.05) is 36.7 Å². The van der Waals surface area contributed by atoms with Gasteiger partial charge in [-0.25, -0.2) is 8.42 Å². The Morgan fingerprint density at radius 1 is 1.14 bits per heavy atom. The number of rotatable bonds is 3. The Kier molecular flexibility index (Phi) is 4.66. The zero-order valence-corrected chi connectivity index (χ0v) is 14.1. The van der Waals surface area contributed by atoms with Crippen molar-refractivity contribution in [1.29, 1.82) is 0 Å². The van der Waals surface area contributed by atoms with Crippen molar-refractivity contribution in [2.24, 2.45) is 0 Å². The fourth-order valence-electron chi connectivity index (χ4n) is 2.96. The Morgan fingerprint density at radius 2 is 1.86 bits per heavy atom. The van der Waals surface area contributed by atoms with Crippen LogP contribution >= 0.6 is 15.9 Å². The molecule has 1 atom stereocenters. The molecule has 1 aromatic rings. The minimum atomic E-state index is -3.41. The third-order valence-electron chi connectivity index (χ3n) is 4.14. The summed E-state index contributed by atoms with van der Waals surface area (Å²) in [4.78, 5) is 2.70. The van der Waals surface area contributed by atoms with E-state index in [0.717, 1.165) is 32.7 Å². The lowest BCUT2D eigenvalue weighted by atomic mass is 10.2. The van der Waals surface area contributed by atoms with Gasteiger partial charge in [-0.2, -0.15) is 4.31 Å². The van der Waals surface area contributed by atoms with Crippen LogP contribution < -0.4 is 0 Å². The van der Waals surface area contributed by atoms with Gasteiger partial charge in [-0.15, -0.1) is 0 Å². The molecule has 0 aliphatic carbocycles. The van der Waals surface area contributed by atoms with Crippen LogP contribution in [0.3, 0.4) is 0 Å². The molecule has 0 radical (unpaired) electrons. The summed E-state index contributed by atoms with van der Waals surface area (Å²) in [5, 5.41) is 0. The average molecular weight is 375 g/mol. The second-order valence-corrected chi connectivity index (χ2v) is 8.15. The molecular weight excluding hydrogens is 356 g/mol. The van der Waals surface area contributed by atoms with Crippen molar-refractivity contribution in [3.63, 3.8) is 0 Å². The van der Waals surface area contributed by atoms with Crippen molar-refractivity contribution < 1.29 is 13.2 Å². The summed E-state index contributed by atoms with van der Waals surface area (Å²) >= 11 is 3.34. The first-order chi connectivity index (χ1) is 10.1. The molecule has 2 fully saturated rings. The summed E-state index contributed by atoms with van der Waals surface area (Å²) in [5.74, 6) is 0. The molecule has 2 aliphatic rings. The van der Waals surface area contributed by atoms with E-state index in [1.807, 2.05) is 6.07 Å². The van der Waals surface area contributed by atoms with Gasteiger partial charge >= 0.3 is 0 Å². The minimum absolute atomic E-state index is 0.311. The van der Waals surface area contributed by atoms with Gasteiger partial charge in [0.2, 0.25) is 10.0 Å². The third-order valence-corrected chi connectivity index (χ3v) is 7.02. The Labute approximate surface area is 134 Å². The number of benzene rings is 1. The van der Waals surface area contributed by atoms with Crippen molar-refractivity contribution in [2.45, 2.75) is 17.4 Å². The van der Waals surface area contributed by atoms with Crippen LogP contribution in [0.25, 0.3) is 0 Å². The SMILES string of the molecule is O=S(=O)(c1ccccc1Br)N1CCC(N2CCOCC2)C1. The molecule has 0 amide bonds. The van der Waals surface area contributed by atoms with Crippen LogP contribution in [-0.4, -0.2) is 63.1 Å². The maximum Gasteiger partial charge on any atom is 0.244 e. The summed E-state index contributed by atoms with van der Waals surface area (Å²) in [6.45, 7) is 4.44. The fourth-order valence-corrected chi connectivity index (χ4v) is 5.42. The van der Waals surface area contributed by atoms with E-state index in [2.05, 4.69) is 20.8 Å². The van der Waals surface area contributed by atoms with Crippen LogP contribution in [-0.2, 0) is 14.8 Å². The van der Waals surface area contributed by atoms with E-state index in [0.29, 0.717) is 28.5 Å². The molecule has 3 rings (SSSR count). The topological polar surface area (TPSA) is 49.9 Å². The van der Waals surface area contributed by atoms with Gasteiger partial charge in [-0.3, -0.25) is 4.90 Å². The van der Waals surface area contributed by atoms with Crippen molar-refractivity contribution in [3.8, 4) is 0 Å². The lowest BCUT2D eigenvalue weighted by molar-refractivity contribution is 0.0197. The summed E-state index contributed by atoms with van der Waals surface area (Å²) in [7, 11) is -3.41. The average Bonchev–Trinajstić information content (AvgIpc) is 2.99. The number of nitrogens with zero attached hydrogens (tertiary/aromatic N) is 2. The molecule has 0 saturated carbocycles. The summed E-state index contributed by atoms with van der Waals surface area (Å²) in [6, 6.07) is 7.31. The van der Waals surface area contributed by atoms with Crippen molar-refractivity contribution in [2.75, 3.05) is 39.4 Å². The molecule has 1 aromatic carbocycles. The molecule has 0 spiro atoms. The smallest absolute Gasteiger partial charge is 0.244 e. The van der Waals surface area contributed by atoms with Crippen LogP contribution in [0.5, 0.6) is 0 Å². The van der Waals surface area contributed by atoms with Crippen molar-refractivity contribution in [3.05, 3.63) is 28.7 Å². The number of morpholine rings is 1. The normalized spacial score (nSPS) is 25.3. The van der Waals surface area contributed by atoms with E-state index in [1.54, 1.807) is 22.5 Å². The summed E-state index contributed by atoms with van der Waals surface area (Å²) in [6.07, 6.45) is 0.893. The van der Waals surface area contributed by atoms with Gasteiger partial charge in [0.05, 0.1) is 18.1 Å². The maximum atomic E-state index is 12.7. The van der Waals surface area contributed by atoms with Crippen LogP contribution in [0.15, 0.2) is 33.6 Å². The number of ether oxygens (including phenoxy) is 1. The van der Waals surface area contributed by atoms with E-state index >= 15 is 0 Å². The van der Waals surface area contributed by atoms with Gasteiger partial charge in [-0.1, -0.05) is 12.1 Å². The molecular formula is C14H19BrN2O3S. The van der Waals surface area contributed by atoms with E-state index in [-0.39, 0.29) is 0 Å². The Bertz CT molecular complexity index is 602. The molecule has 7 heteroatoms. The highest BCUT2D eigenvalue weighted by Crippen LogP contribution is 2.28. The van der Waals surface area contributed by atoms with E-state index in [9.17, 15) is 8.42 Å². The summed E-state index contributed by atoms with van der Waals surface area (Å²) < 4.78 is 33.1. The number of hydrogen-bond acceptors (Lipinski definition) is 4. The maximum absolute atomic E-state index is 12.7. The fraction of sp³-hybridized carbons (Fsp3) is 0.571. The zero-order valence-electron chi connectivity index (χ0n) is 11.7. The highest BCUT2D eigenvalue weighted by Gasteiger charge is 2.36. The van der Waals surface area contributed by atoms with Gasteiger partial charge in [0.1, 0.15) is 0 Å². The lowest BCUT2D eigenvalue weighted by Crippen LogP contribution is -2.45. The first-order valence-electron chi connectivity index (χ1n) is 7.15. The van der Waals surface area contributed by atoms with E-state index in [1.165, 1.54) is 0 Å². The molecule has 21 heavy (non-hydrogen) atoms. The quantitative estimate of drug-likeness (QED) is 0.805. The standard InChI is InChI=1S/C14H19BrN2O3S/c15-13-3-1-2-4-14(13)21(18,19)17-6-5-12(11-17)16-7-9-20-10-8-16/h1-4,12H,5-11H2. The summed E-state index contributed by atoms with van der Waals surface area (Å²) in [5.41, 5.74) is 0. The highest BCUT2D eigenvalue weighted by atomic mass is 79.9. The molecule has 2 aliphatic heterocycles. The van der Waals surface area contributed by atoms with Gasteiger partial charge in [-0.05, 0) is 34.5 Å². The van der Waals surface area contributed by atoms with Gasteiger partial charge in [0.25, 0.3) is 0 Å². The van der Waals surface area contributed by atoms with Crippen LogP contribution in [0.1, 0.15) is 6.42 Å². The largest absolute Gasteiger partial charge is 0.379 e. The molecule has 0 bridgehead atoms. The Hall–Kier alpha value is -0.470. The third kappa shape index (κ3) is 3.17. The van der Waals surface area contributed by atoms with Gasteiger partial charge < -0.3 is 4.74 Å². The Morgan fingerprint density at radius 3 is 2.57 bits per heavy atom. The first kappa shape index (κ1) is 15.4. The second-order valence-electron chi connectivity index (χ2n) is 5.38. The molecule has 116 valence electrons. The Balaban J connectivity index is 1.74. The number of sulfonamides is 1. The van der Waals surface area contributed by atoms with Gasteiger partial charge in [0.15, 0.2) is 0 Å². The predicted molar refractivity (Wildman–Crippen MR) is 83.7 cm³/mol. The zero-order chi connectivity index (χ0) is 14.9. The van der Waals surface area contributed by atoms with Crippen LogP contribution in [0, 0.1) is 0 Å². The van der Waals surface area contributed by atoms with Crippen LogP contribution in [0.4, 0.5) is 0 Å². The molecule has 2 saturated heterocycles. The molecule has 5 nitrogen and oxygen atoms in total. The highest BCUT2D eigenvalue weighted by molar-refractivity contribution is 9.10. The minimum Gasteiger partial charge on any atom is -0.379 e. The molecule has 2 heterocycles. The number of halogens is 1. The second kappa shape index (κ2) is 6.34. The van der Waals surface area contributed by atoms with Crippen LogP contribution in [0.2, 0.25) is 0 Å². The van der Waals surface area contributed by atoms with E-state index < -0.39 is 10.0 Å². The lowest BCUT2D eigenvalue weighted by Gasteiger charge is -2.32. The molecule has 1 unspecified atom stereocenters. The molecule has 0 N–H and O–H groups in total. The predicted octanol–water partition coefficient (Wildman–Crippen LogP) is 1.54.